The number of nitrogens with zero attached hydrogens (tertiary/aromatic N) is 1. The molecule has 0 amide bonds. The maximum atomic E-state index is 11.0. The van der Waals surface area contributed by atoms with Gasteiger partial charge >= 0.3 is 0 Å². The minimum Gasteiger partial charge on any atom is -0.378 e. The molecule has 1 aliphatic carbocycles. The lowest BCUT2D eigenvalue weighted by atomic mass is 10.0. The smallest absolute Gasteiger partial charge is 0.274 e. The Hall–Kier alpha value is -2.36. The van der Waals surface area contributed by atoms with Crippen molar-refractivity contribution in [3.8, 4) is 0 Å². The molecule has 0 saturated heterocycles. The molecule has 0 spiro atoms. The fourth-order valence-electron chi connectivity index (χ4n) is 2.97. The Labute approximate surface area is 124 Å². The van der Waals surface area contributed by atoms with Crippen LogP contribution >= 0.6 is 0 Å². The maximum Gasteiger partial charge on any atom is 0.274 e. The van der Waals surface area contributed by atoms with Crippen LogP contribution in [-0.2, 0) is 6.42 Å². The number of benzene rings is 2. The molecule has 0 fully saturated rings. The van der Waals surface area contributed by atoms with Crippen LogP contribution in [0.1, 0.15) is 34.7 Å². The van der Waals surface area contributed by atoms with Crippen LogP contribution in [0.15, 0.2) is 36.4 Å². The molecule has 21 heavy (non-hydrogen) atoms. The van der Waals surface area contributed by atoms with Gasteiger partial charge in [-0.2, -0.15) is 0 Å². The Balaban J connectivity index is 1.88. The number of fused-ring (bicyclic) bond motifs is 1. The molecule has 0 heterocycles. The minimum atomic E-state index is -0.326. The Morgan fingerprint density at radius 3 is 2.76 bits per heavy atom. The maximum absolute atomic E-state index is 11.0. The molecular weight excluding hydrogens is 264 g/mol. The molecule has 108 valence electrons. The van der Waals surface area contributed by atoms with Gasteiger partial charge in [0.05, 0.1) is 11.0 Å². The number of hydrogen-bond acceptors (Lipinski definition) is 3. The van der Waals surface area contributed by atoms with Crippen LogP contribution in [0.2, 0.25) is 0 Å². The van der Waals surface area contributed by atoms with Gasteiger partial charge in [0.1, 0.15) is 0 Å². The van der Waals surface area contributed by atoms with Gasteiger partial charge < -0.3 is 5.32 Å². The normalized spacial score (nSPS) is 16.6. The van der Waals surface area contributed by atoms with E-state index in [2.05, 4.69) is 30.4 Å². The van der Waals surface area contributed by atoms with Crippen molar-refractivity contribution in [2.24, 2.45) is 0 Å². The van der Waals surface area contributed by atoms with Gasteiger partial charge in [-0.05, 0) is 43.9 Å². The summed E-state index contributed by atoms with van der Waals surface area (Å²) in [7, 11) is 0. The molecule has 1 N–H and O–H groups in total. The molecule has 0 radical (unpaired) electrons. The molecule has 4 nitrogen and oxygen atoms in total. The Morgan fingerprint density at radius 2 is 2.00 bits per heavy atom. The Kier molecular flexibility index (Phi) is 3.37. The highest BCUT2D eigenvalue weighted by molar-refractivity contribution is 5.56. The molecule has 1 atom stereocenters. The number of hydrogen-bond donors (Lipinski definition) is 1. The van der Waals surface area contributed by atoms with E-state index >= 15 is 0 Å². The molecule has 0 aromatic heterocycles. The van der Waals surface area contributed by atoms with Crippen molar-refractivity contribution in [3.63, 3.8) is 0 Å². The second-order valence-corrected chi connectivity index (χ2v) is 5.70. The third-order valence-corrected chi connectivity index (χ3v) is 4.13. The van der Waals surface area contributed by atoms with Crippen LogP contribution in [0.25, 0.3) is 0 Å². The standard InChI is InChI=1S/C17H18N2O2/c1-11-3-5-13-6-8-16(15(13)9-11)18-14-7-4-12(2)17(10-14)19(20)21/h3-5,7,9-10,16,18H,6,8H2,1-2H3. The zero-order valence-corrected chi connectivity index (χ0v) is 12.2. The topological polar surface area (TPSA) is 55.2 Å². The van der Waals surface area contributed by atoms with Crippen LogP contribution in [0, 0.1) is 24.0 Å². The summed E-state index contributed by atoms with van der Waals surface area (Å²) in [4.78, 5) is 10.7. The summed E-state index contributed by atoms with van der Waals surface area (Å²) in [6, 6.07) is 12.1. The highest BCUT2D eigenvalue weighted by Gasteiger charge is 2.23. The third-order valence-electron chi connectivity index (χ3n) is 4.13. The average molecular weight is 282 g/mol. The van der Waals surface area contributed by atoms with E-state index in [0.717, 1.165) is 18.5 Å². The lowest BCUT2D eigenvalue weighted by Gasteiger charge is -2.16. The van der Waals surface area contributed by atoms with Crippen LogP contribution in [-0.4, -0.2) is 4.92 Å². The molecule has 0 aliphatic heterocycles. The van der Waals surface area contributed by atoms with Crippen LogP contribution in [0.3, 0.4) is 0 Å². The number of anilines is 1. The first-order valence-electron chi connectivity index (χ1n) is 7.15. The van der Waals surface area contributed by atoms with Gasteiger partial charge in [0.15, 0.2) is 0 Å². The lowest BCUT2D eigenvalue weighted by molar-refractivity contribution is -0.385. The third kappa shape index (κ3) is 2.61. The van der Waals surface area contributed by atoms with E-state index in [1.807, 2.05) is 6.07 Å². The van der Waals surface area contributed by atoms with Gasteiger partial charge in [0, 0.05) is 17.3 Å². The molecule has 1 unspecified atom stereocenters. The van der Waals surface area contributed by atoms with Crippen molar-refractivity contribution in [1.29, 1.82) is 0 Å². The first-order valence-corrected chi connectivity index (χ1v) is 7.15. The van der Waals surface area contributed by atoms with E-state index in [1.165, 1.54) is 16.7 Å². The summed E-state index contributed by atoms with van der Waals surface area (Å²) >= 11 is 0. The van der Waals surface area contributed by atoms with E-state index in [0.29, 0.717) is 5.56 Å². The van der Waals surface area contributed by atoms with Gasteiger partial charge in [0.25, 0.3) is 5.69 Å². The zero-order chi connectivity index (χ0) is 15.0. The van der Waals surface area contributed by atoms with Gasteiger partial charge in [-0.25, -0.2) is 0 Å². The molecule has 1 aliphatic rings. The SMILES string of the molecule is Cc1ccc2c(c1)C(Nc1ccc(C)c([N+](=O)[O-])c1)CC2. The Bertz CT molecular complexity index is 710. The van der Waals surface area contributed by atoms with Crippen molar-refractivity contribution in [3.05, 3.63) is 68.8 Å². The second-order valence-electron chi connectivity index (χ2n) is 5.70. The molecule has 4 heteroatoms. The average Bonchev–Trinajstić information content (AvgIpc) is 2.83. The summed E-state index contributed by atoms with van der Waals surface area (Å²) < 4.78 is 0. The predicted octanol–water partition coefficient (Wildman–Crippen LogP) is 4.31. The number of aryl methyl sites for hydroxylation is 3. The highest BCUT2D eigenvalue weighted by Crippen LogP contribution is 2.35. The lowest BCUT2D eigenvalue weighted by Crippen LogP contribution is -2.07. The summed E-state index contributed by atoms with van der Waals surface area (Å²) in [5.74, 6) is 0. The number of rotatable bonds is 3. The summed E-state index contributed by atoms with van der Waals surface area (Å²) in [6.45, 7) is 3.85. The van der Waals surface area contributed by atoms with E-state index in [-0.39, 0.29) is 16.7 Å². The summed E-state index contributed by atoms with van der Waals surface area (Å²) in [5.41, 5.74) is 5.61. The largest absolute Gasteiger partial charge is 0.378 e. The molecule has 0 bridgehead atoms. The monoisotopic (exact) mass is 282 g/mol. The fourth-order valence-corrected chi connectivity index (χ4v) is 2.97. The van der Waals surface area contributed by atoms with Crippen LogP contribution in [0.5, 0.6) is 0 Å². The fraction of sp³-hybridized carbons (Fsp3) is 0.294. The summed E-state index contributed by atoms with van der Waals surface area (Å²) in [6.07, 6.45) is 2.09. The van der Waals surface area contributed by atoms with Crippen LogP contribution in [0.4, 0.5) is 11.4 Å². The van der Waals surface area contributed by atoms with Gasteiger partial charge in [-0.3, -0.25) is 10.1 Å². The first kappa shape index (κ1) is 13.6. The number of nitro benzene ring substituents is 1. The molecule has 3 rings (SSSR count). The van der Waals surface area contributed by atoms with Gasteiger partial charge in [-0.15, -0.1) is 0 Å². The van der Waals surface area contributed by atoms with Gasteiger partial charge in [-0.1, -0.05) is 29.8 Å². The van der Waals surface area contributed by atoms with Crippen molar-refractivity contribution in [1.82, 2.24) is 0 Å². The predicted molar refractivity (Wildman–Crippen MR) is 83.7 cm³/mol. The highest BCUT2D eigenvalue weighted by atomic mass is 16.6. The molecule has 2 aromatic rings. The Morgan fingerprint density at radius 1 is 1.19 bits per heavy atom. The summed E-state index contributed by atoms with van der Waals surface area (Å²) in [5, 5.41) is 14.5. The quantitative estimate of drug-likeness (QED) is 0.674. The van der Waals surface area contributed by atoms with Crippen molar-refractivity contribution in [2.45, 2.75) is 32.7 Å². The van der Waals surface area contributed by atoms with E-state index in [4.69, 9.17) is 0 Å². The molecule has 0 saturated carbocycles. The van der Waals surface area contributed by atoms with Crippen molar-refractivity contribution in [2.75, 3.05) is 5.32 Å². The van der Waals surface area contributed by atoms with E-state index < -0.39 is 0 Å². The number of nitrogens with one attached hydrogen (secondary N) is 1. The first-order chi connectivity index (χ1) is 10.0. The molecule has 2 aromatic carbocycles. The van der Waals surface area contributed by atoms with E-state index in [1.54, 1.807) is 19.1 Å². The number of nitro groups is 1. The van der Waals surface area contributed by atoms with Crippen molar-refractivity contribution >= 4 is 11.4 Å². The van der Waals surface area contributed by atoms with Crippen LogP contribution < -0.4 is 5.32 Å². The zero-order valence-electron chi connectivity index (χ0n) is 12.2. The van der Waals surface area contributed by atoms with Gasteiger partial charge in [0.2, 0.25) is 0 Å². The molecular formula is C17H18N2O2. The van der Waals surface area contributed by atoms with Crippen molar-refractivity contribution < 1.29 is 4.92 Å². The second kappa shape index (κ2) is 5.20. The van der Waals surface area contributed by atoms with E-state index in [9.17, 15) is 10.1 Å². The minimum absolute atomic E-state index is 0.169.